The van der Waals surface area contributed by atoms with Gasteiger partial charge in [0.2, 0.25) is 11.9 Å². The van der Waals surface area contributed by atoms with Crippen LogP contribution >= 0.6 is 11.8 Å². The van der Waals surface area contributed by atoms with E-state index in [0.29, 0.717) is 38.5 Å². The van der Waals surface area contributed by atoms with E-state index in [-0.39, 0.29) is 17.6 Å². The van der Waals surface area contributed by atoms with Gasteiger partial charge < -0.3 is 19.5 Å². The maximum absolute atomic E-state index is 13.0. The molecule has 0 radical (unpaired) electrons. The normalized spacial score (nSPS) is 15.4. The number of nitrogens with zero attached hydrogens (tertiary/aromatic N) is 4. The molecule has 0 saturated carbocycles. The lowest BCUT2D eigenvalue weighted by Gasteiger charge is -2.36. The van der Waals surface area contributed by atoms with E-state index < -0.39 is 6.04 Å². The standard InChI is InChI=1S/C18H23N5O3S/c1-27-13-5-14(21-16(24)15-4-2-12-26-15)17(25)22-8-10-23(11-9-22)18-19-6-3-7-20-18/h2-4,6-7,12,14H,5,8-11,13H2,1H3,(H,21,24)/t14-/m1/s1. The van der Waals surface area contributed by atoms with Crippen molar-refractivity contribution in [2.24, 2.45) is 0 Å². The molecule has 0 unspecified atom stereocenters. The van der Waals surface area contributed by atoms with Crippen LogP contribution in [0.4, 0.5) is 5.95 Å². The monoisotopic (exact) mass is 389 g/mol. The number of furan rings is 1. The quantitative estimate of drug-likeness (QED) is 0.762. The molecule has 0 aliphatic carbocycles. The van der Waals surface area contributed by atoms with Crippen LogP contribution in [0.2, 0.25) is 0 Å². The summed E-state index contributed by atoms with van der Waals surface area (Å²) in [6.07, 6.45) is 7.42. The van der Waals surface area contributed by atoms with Crippen LogP contribution in [-0.4, -0.2) is 70.9 Å². The van der Waals surface area contributed by atoms with Gasteiger partial charge in [0.15, 0.2) is 5.76 Å². The fourth-order valence-electron chi connectivity index (χ4n) is 2.93. The molecule has 1 N–H and O–H groups in total. The number of aromatic nitrogens is 2. The van der Waals surface area contributed by atoms with Crippen LogP contribution in [0.1, 0.15) is 17.0 Å². The smallest absolute Gasteiger partial charge is 0.287 e. The summed E-state index contributed by atoms with van der Waals surface area (Å²) in [5, 5.41) is 2.82. The van der Waals surface area contributed by atoms with Crippen molar-refractivity contribution in [1.29, 1.82) is 0 Å². The Balaban J connectivity index is 1.59. The van der Waals surface area contributed by atoms with Gasteiger partial charge in [0.05, 0.1) is 6.26 Å². The van der Waals surface area contributed by atoms with Gasteiger partial charge in [-0.2, -0.15) is 11.8 Å². The first-order chi connectivity index (χ1) is 13.2. The first-order valence-corrected chi connectivity index (χ1v) is 10.2. The molecular formula is C18H23N5O3S. The molecule has 1 aliphatic heterocycles. The number of amides is 2. The predicted octanol–water partition coefficient (Wildman–Crippen LogP) is 1.27. The Morgan fingerprint density at radius 1 is 1.22 bits per heavy atom. The first-order valence-electron chi connectivity index (χ1n) is 8.83. The minimum absolute atomic E-state index is 0.0578. The van der Waals surface area contributed by atoms with Gasteiger partial charge in [-0.3, -0.25) is 9.59 Å². The number of nitrogens with one attached hydrogen (secondary N) is 1. The van der Waals surface area contributed by atoms with Crippen molar-refractivity contribution in [3.8, 4) is 0 Å². The third-order valence-electron chi connectivity index (χ3n) is 4.39. The minimum atomic E-state index is -0.561. The fourth-order valence-corrected chi connectivity index (χ4v) is 3.40. The van der Waals surface area contributed by atoms with E-state index >= 15 is 0 Å². The zero-order valence-corrected chi connectivity index (χ0v) is 16.0. The Morgan fingerprint density at radius 3 is 2.59 bits per heavy atom. The predicted molar refractivity (Wildman–Crippen MR) is 104 cm³/mol. The van der Waals surface area contributed by atoms with Crippen LogP contribution in [0.25, 0.3) is 0 Å². The van der Waals surface area contributed by atoms with Gasteiger partial charge in [0.25, 0.3) is 5.91 Å². The molecule has 2 amide bonds. The maximum atomic E-state index is 13.0. The largest absolute Gasteiger partial charge is 0.459 e. The summed E-state index contributed by atoms with van der Waals surface area (Å²) in [6, 6.07) is 4.46. The van der Waals surface area contributed by atoms with E-state index in [0.717, 1.165) is 5.75 Å². The number of anilines is 1. The van der Waals surface area contributed by atoms with Gasteiger partial charge in [0.1, 0.15) is 6.04 Å². The van der Waals surface area contributed by atoms with Gasteiger partial charge in [-0.25, -0.2) is 9.97 Å². The van der Waals surface area contributed by atoms with Crippen LogP contribution in [0.3, 0.4) is 0 Å². The van der Waals surface area contributed by atoms with Crippen molar-refractivity contribution in [3.05, 3.63) is 42.6 Å². The van der Waals surface area contributed by atoms with E-state index in [1.54, 1.807) is 47.3 Å². The number of thioether (sulfide) groups is 1. The van der Waals surface area contributed by atoms with Crippen molar-refractivity contribution in [1.82, 2.24) is 20.2 Å². The molecule has 2 aromatic rings. The molecule has 0 aromatic carbocycles. The zero-order valence-electron chi connectivity index (χ0n) is 15.2. The SMILES string of the molecule is CSCC[C@@H](NC(=O)c1ccco1)C(=O)N1CCN(c2ncccn2)CC1. The molecule has 1 saturated heterocycles. The van der Waals surface area contributed by atoms with Gasteiger partial charge >= 0.3 is 0 Å². The Kier molecular flexibility index (Phi) is 6.69. The van der Waals surface area contributed by atoms with Crippen molar-refractivity contribution in [2.45, 2.75) is 12.5 Å². The topological polar surface area (TPSA) is 91.6 Å². The van der Waals surface area contributed by atoms with Crippen LogP contribution in [0.5, 0.6) is 0 Å². The number of carbonyl (C=O) groups excluding carboxylic acids is 2. The summed E-state index contributed by atoms with van der Waals surface area (Å²) >= 11 is 1.65. The van der Waals surface area contributed by atoms with E-state index in [4.69, 9.17) is 4.42 Å². The highest BCUT2D eigenvalue weighted by Gasteiger charge is 2.29. The van der Waals surface area contributed by atoms with Crippen molar-refractivity contribution in [3.63, 3.8) is 0 Å². The Bertz CT molecular complexity index is 733. The molecule has 0 bridgehead atoms. The number of hydrogen-bond donors (Lipinski definition) is 1. The average molecular weight is 389 g/mol. The second kappa shape index (κ2) is 9.40. The number of hydrogen-bond acceptors (Lipinski definition) is 7. The van der Waals surface area contributed by atoms with E-state index in [2.05, 4.69) is 20.2 Å². The fraction of sp³-hybridized carbons (Fsp3) is 0.444. The highest BCUT2D eigenvalue weighted by molar-refractivity contribution is 7.98. The van der Waals surface area contributed by atoms with E-state index in [9.17, 15) is 9.59 Å². The number of carbonyl (C=O) groups is 2. The van der Waals surface area contributed by atoms with Crippen LogP contribution in [-0.2, 0) is 4.79 Å². The second-order valence-electron chi connectivity index (χ2n) is 6.15. The lowest BCUT2D eigenvalue weighted by molar-refractivity contribution is -0.133. The molecule has 144 valence electrons. The molecular weight excluding hydrogens is 366 g/mol. The lowest BCUT2D eigenvalue weighted by Crippen LogP contribution is -2.55. The first kappa shape index (κ1) is 19.2. The van der Waals surface area contributed by atoms with Crippen molar-refractivity contribution >= 4 is 29.5 Å². The van der Waals surface area contributed by atoms with Gasteiger partial charge in [0, 0.05) is 38.6 Å². The van der Waals surface area contributed by atoms with E-state index in [1.807, 2.05) is 6.26 Å². The molecule has 1 atom stereocenters. The molecule has 2 aromatic heterocycles. The molecule has 3 rings (SSSR count). The third kappa shape index (κ3) is 5.00. The van der Waals surface area contributed by atoms with Gasteiger partial charge in [-0.1, -0.05) is 0 Å². The van der Waals surface area contributed by atoms with Crippen molar-refractivity contribution < 1.29 is 14.0 Å². The van der Waals surface area contributed by atoms with Crippen LogP contribution in [0.15, 0.2) is 41.3 Å². The van der Waals surface area contributed by atoms with E-state index in [1.165, 1.54) is 6.26 Å². The van der Waals surface area contributed by atoms with Gasteiger partial charge in [-0.05, 0) is 36.6 Å². The molecule has 1 fully saturated rings. The minimum Gasteiger partial charge on any atom is -0.459 e. The van der Waals surface area contributed by atoms with Gasteiger partial charge in [-0.15, -0.1) is 0 Å². The average Bonchev–Trinajstić information content (AvgIpc) is 3.26. The number of piperazine rings is 1. The summed E-state index contributed by atoms with van der Waals surface area (Å²) in [4.78, 5) is 37.6. The Hall–Kier alpha value is -2.55. The third-order valence-corrected chi connectivity index (χ3v) is 5.03. The second-order valence-corrected chi connectivity index (χ2v) is 7.13. The van der Waals surface area contributed by atoms with Crippen LogP contribution in [0, 0.1) is 0 Å². The summed E-state index contributed by atoms with van der Waals surface area (Å²) < 4.78 is 5.13. The van der Waals surface area contributed by atoms with Crippen molar-refractivity contribution in [2.75, 3.05) is 43.1 Å². The summed E-state index contributed by atoms with van der Waals surface area (Å²) in [7, 11) is 0. The highest BCUT2D eigenvalue weighted by Crippen LogP contribution is 2.13. The molecule has 8 nitrogen and oxygen atoms in total. The van der Waals surface area contributed by atoms with Crippen LogP contribution < -0.4 is 10.2 Å². The summed E-state index contributed by atoms with van der Waals surface area (Å²) in [5.74, 6) is 1.25. The Labute approximate surface area is 162 Å². The zero-order chi connectivity index (χ0) is 19.1. The molecule has 27 heavy (non-hydrogen) atoms. The Morgan fingerprint density at radius 2 is 1.96 bits per heavy atom. The number of rotatable bonds is 7. The molecule has 0 spiro atoms. The summed E-state index contributed by atoms with van der Waals surface area (Å²) in [6.45, 7) is 2.47. The summed E-state index contributed by atoms with van der Waals surface area (Å²) in [5.41, 5.74) is 0. The molecule has 1 aliphatic rings. The lowest BCUT2D eigenvalue weighted by atomic mass is 10.1. The molecule has 9 heteroatoms. The molecule has 3 heterocycles. The maximum Gasteiger partial charge on any atom is 0.287 e. The highest BCUT2D eigenvalue weighted by atomic mass is 32.2.